The van der Waals surface area contributed by atoms with Crippen LogP contribution in [0.5, 0.6) is 11.5 Å². The number of nitrogens with one attached hydrogen (secondary N) is 2. The third-order valence-electron chi connectivity index (χ3n) is 13.9. The zero-order valence-corrected chi connectivity index (χ0v) is 35.6. The third kappa shape index (κ3) is 8.14. The molecule has 15 nitrogen and oxygen atoms in total. The molecule has 4 aromatic rings. The van der Waals surface area contributed by atoms with Crippen LogP contribution in [0.15, 0.2) is 36.4 Å². The minimum absolute atomic E-state index is 0.0461. The van der Waals surface area contributed by atoms with Crippen LogP contribution < -0.4 is 24.6 Å². The lowest BCUT2D eigenvalue weighted by atomic mass is 9.86. The first-order chi connectivity index (χ1) is 29.6. The summed E-state index contributed by atoms with van der Waals surface area (Å²) in [6.45, 7) is 11.1. The van der Waals surface area contributed by atoms with E-state index in [4.69, 9.17) is 24.2 Å². The first kappa shape index (κ1) is 39.8. The van der Waals surface area contributed by atoms with Crippen molar-refractivity contribution in [2.45, 2.75) is 108 Å². The summed E-state index contributed by atoms with van der Waals surface area (Å²) in [5.74, 6) is 3.07. The standard InChI is InChI=1S/C46H57N9O6/c1-28-47-37(42-34-24-32(61-46(2)16-17-46)8-10-36(34)50-51-42)25-40(48-28)54-22-20-52(21-23-54)26-29-4-6-30(7-5-29)60-31-14-18-53(19-15-31)38-11-9-33-35(43(38)59-3)27-55(45(33)58)39-12-13-41(56)49-44(39)57/h8-11,24-25,29-31,39H,4-7,12-23,26-27H2,1-3H3,(H,50,51)(H,49,56,57)/t29-,30-,39?. The van der Waals surface area contributed by atoms with Crippen molar-refractivity contribution in [2.24, 2.45) is 5.92 Å². The Morgan fingerprint density at radius 1 is 0.852 bits per heavy atom. The number of H-pyrrole nitrogens is 1. The second-order valence-electron chi connectivity index (χ2n) is 18.3. The number of fused-ring (bicyclic) bond motifs is 2. The predicted molar refractivity (Wildman–Crippen MR) is 230 cm³/mol. The molecule has 1 unspecified atom stereocenters. The maximum Gasteiger partial charge on any atom is 0.255 e. The summed E-state index contributed by atoms with van der Waals surface area (Å²) in [7, 11) is 1.64. The van der Waals surface area contributed by atoms with Crippen molar-refractivity contribution in [1.29, 1.82) is 0 Å². The molecule has 6 heterocycles. The van der Waals surface area contributed by atoms with Gasteiger partial charge in [0.2, 0.25) is 11.8 Å². The second kappa shape index (κ2) is 16.2. The Labute approximate surface area is 356 Å². The van der Waals surface area contributed by atoms with Gasteiger partial charge >= 0.3 is 0 Å². The average Bonchev–Trinajstić information content (AvgIpc) is 3.68. The van der Waals surface area contributed by atoms with Gasteiger partial charge in [0.1, 0.15) is 40.5 Å². The molecule has 4 aliphatic heterocycles. The fraction of sp³-hybridized carbons (Fsp3) is 0.565. The molecule has 2 saturated carbocycles. The van der Waals surface area contributed by atoms with Crippen LogP contribution in [0.1, 0.15) is 92.9 Å². The summed E-state index contributed by atoms with van der Waals surface area (Å²) in [5, 5.41) is 11.2. The predicted octanol–water partition coefficient (Wildman–Crippen LogP) is 5.40. The van der Waals surface area contributed by atoms with E-state index in [0.717, 1.165) is 135 Å². The number of hydrogen-bond acceptors (Lipinski definition) is 12. The van der Waals surface area contributed by atoms with E-state index in [-0.39, 0.29) is 29.9 Å². The molecule has 1 atom stereocenters. The fourth-order valence-corrected chi connectivity index (χ4v) is 10.2. The lowest BCUT2D eigenvalue weighted by molar-refractivity contribution is -0.136. The van der Waals surface area contributed by atoms with Crippen molar-refractivity contribution < 1.29 is 28.6 Å². The minimum Gasteiger partial charge on any atom is -0.494 e. The number of aromatic nitrogens is 4. The number of carbonyl (C=O) groups is 3. The van der Waals surface area contributed by atoms with Gasteiger partial charge in [0.15, 0.2) is 0 Å². The number of nitrogens with zero attached hydrogens (tertiary/aromatic N) is 7. The van der Waals surface area contributed by atoms with Gasteiger partial charge in [0.05, 0.1) is 42.8 Å². The highest BCUT2D eigenvalue weighted by molar-refractivity contribution is 6.06. The van der Waals surface area contributed by atoms with Crippen LogP contribution in [0.4, 0.5) is 11.5 Å². The summed E-state index contributed by atoms with van der Waals surface area (Å²) in [5.41, 5.74) is 4.93. The minimum atomic E-state index is -0.652. The van der Waals surface area contributed by atoms with Gasteiger partial charge in [-0.25, -0.2) is 9.97 Å². The Morgan fingerprint density at radius 2 is 1.62 bits per heavy atom. The SMILES string of the molecule is COc1c(N2CCC(O[C@H]3CC[C@H](CN4CCN(c5cc(-c6n[nH]c7ccc(OC8(C)CC8)cc67)nc(C)n5)CC4)CC3)CC2)ccc2c1CN(C1CCC(=O)NC1=O)C2=O. The molecule has 61 heavy (non-hydrogen) atoms. The van der Waals surface area contributed by atoms with E-state index in [9.17, 15) is 14.4 Å². The lowest BCUT2D eigenvalue weighted by Crippen LogP contribution is -2.52. The van der Waals surface area contributed by atoms with E-state index in [0.29, 0.717) is 36.3 Å². The molecule has 3 saturated heterocycles. The molecule has 2 aliphatic carbocycles. The summed E-state index contributed by atoms with van der Waals surface area (Å²) in [4.78, 5) is 56.3. The summed E-state index contributed by atoms with van der Waals surface area (Å²) in [6, 6.07) is 11.4. The number of aryl methyl sites for hydroxylation is 1. The molecule has 0 bridgehead atoms. The van der Waals surface area contributed by atoms with Gasteiger partial charge in [0, 0.05) is 74.8 Å². The maximum atomic E-state index is 13.4. The van der Waals surface area contributed by atoms with Crippen LogP contribution >= 0.6 is 0 Å². The Kier molecular flexibility index (Phi) is 10.6. The lowest BCUT2D eigenvalue weighted by Gasteiger charge is -2.40. The molecular weight excluding hydrogens is 775 g/mol. The smallest absolute Gasteiger partial charge is 0.255 e. The first-order valence-corrected chi connectivity index (χ1v) is 22.3. The van der Waals surface area contributed by atoms with Crippen LogP contribution in [0, 0.1) is 12.8 Å². The van der Waals surface area contributed by atoms with Crippen LogP contribution in [-0.4, -0.2) is 124 Å². The van der Waals surface area contributed by atoms with Crippen molar-refractivity contribution in [1.82, 2.24) is 35.3 Å². The van der Waals surface area contributed by atoms with E-state index >= 15 is 0 Å². The normalized spacial score (nSPS) is 24.6. The summed E-state index contributed by atoms with van der Waals surface area (Å²) >= 11 is 0. The Morgan fingerprint density at radius 3 is 2.36 bits per heavy atom. The van der Waals surface area contributed by atoms with E-state index in [1.165, 1.54) is 12.8 Å². The van der Waals surface area contributed by atoms with Gasteiger partial charge < -0.3 is 28.9 Å². The van der Waals surface area contributed by atoms with E-state index in [1.54, 1.807) is 12.0 Å². The van der Waals surface area contributed by atoms with Gasteiger partial charge in [-0.2, -0.15) is 5.10 Å². The monoisotopic (exact) mass is 831 g/mol. The largest absolute Gasteiger partial charge is 0.494 e. The number of carbonyl (C=O) groups excluding carboxylic acids is 3. The zero-order chi connectivity index (χ0) is 41.8. The average molecular weight is 832 g/mol. The number of benzene rings is 2. The Hall–Kier alpha value is -5.28. The number of rotatable bonds is 11. The number of piperazine rings is 1. The molecule has 0 radical (unpaired) electrons. The van der Waals surface area contributed by atoms with Crippen molar-refractivity contribution in [3.8, 4) is 22.9 Å². The molecule has 0 spiro atoms. The molecule has 5 fully saturated rings. The topological polar surface area (TPSA) is 158 Å². The quantitative estimate of drug-likeness (QED) is 0.186. The van der Waals surface area contributed by atoms with Gasteiger partial charge in [-0.15, -0.1) is 0 Å². The molecule has 6 aliphatic rings. The number of amides is 3. The molecule has 15 heteroatoms. The van der Waals surface area contributed by atoms with Gasteiger partial charge in [0.25, 0.3) is 5.91 Å². The second-order valence-corrected chi connectivity index (χ2v) is 18.3. The van der Waals surface area contributed by atoms with Gasteiger partial charge in [-0.3, -0.25) is 29.7 Å². The van der Waals surface area contributed by atoms with Crippen LogP contribution in [0.2, 0.25) is 0 Å². The van der Waals surface area contributed by atoms with Crippen LogP contribution in [-0.2, 0) is 20.9 Å². The zero-order valence-electron chi connectivity index (χ0n) is 35.6. The van der Waals surface area contributed by atoms with Gasteiger partial charge in [-0.1, -0.05) is 0 Å². The number of anilines is 2. The highest BCUT2D eigenvalue weighted by Gasteiger charge is 2.42. The highest BCUT2D eigenvalue weighted by atomic mass is 16.5. The van der Waals surface area contributed by atoms with E-state index in [2.05, 4.69) is 49.3 Å². The number of ether oxygens (including phenoxy) is 3. The molecule has 2 aromatic heterocycles. The fourth-order valence-electron chi connectivity index (χ4n) is 10.2. The number of piperidine rings is 2. The molecule has 3 amide bonds. The Balaban J connectivity index is 0.681. The molecule has 10 rings (SSSR count). The number of imide groups is 1. The van der Waals surface area contributed by atoms with Gasteiger partial charge in [-0.05, 0) is 108 Å². The maximum absolute atomic E-state index is 13.4. The number of methoxy groups -OCH3 is 1. The number of aromatic amines is 1. The van der Waals surface area contributed by atoms with Crippen molar-refractivity contribution >= 4 is 40.1 Å². The molecule has 2 aromatic carbocycles. The van der Waals surface area contributed by atoms with Crippen molar-refractivity contribution in [2.75, 3.05) is 62.7 Å². The third-order valence-corrected chi connectivity index (χ3v) is 13.9. The first-order valence-electron chi connectivity index (χ1n) is 22.3. The van der Waals surface area contributed by atoms with E-state index in [1.807, 2.05) is 31.2 Å². The van der Waals surface area contributed by atoms with Crippen molar-refractivity contribution in [3.05, 3.63) is 53.3 Å². The Bertz CT molecular complexity index is 2320. The molecule has 322 valence electrons. The number of hydrogen-bond donors (Lipinski definition) is 2. The van der Waals surface area contributed by atoms with E-state index < -0.39 is 11.9 Å². The van der Waals surface area contributed by atoms with Crippen LogP contribution in [0.3, 0.4) is 0 Å². The van der Waals surface area contributed by atoms with Crippen molar-refractivity contribution in [3.63, 3.8) is 0 Å². The summed E-state index contributed by atoms with van der Waals surface area (Å²) < 4.78 is 18.9. The van der Waals surface area contributed by atoms with Crippen LogP contribution in [0.25, 0.3) is 22.3 Å². The molecule has 2 N–H and O–H groups in total. The highest BCUT2D eigenvalue weighted by Crippen LogP contribution is 2.43. The molecular formula is C46H57N9O6. The summed E-state index contributed by atoms with van der Waals surface area (Å²) in [6.07, 6.45) is 9.77.